The number of rotatable bonds is 2. The molecule has 1 amide bonds. The smallest absolute Gasteiger partial charge is 0.242 e. The molecule has 1 unspecified atom stereocenters. The molecule has 3 aliphatic rings. The van der Waals surface area contributed by atoms with Crippen molar-refractivity contribution in [1.29, 1.82) is 0 Å². The average Bonchev–Trinajstić information content (AvgIpc) is 3.37. The van der Waals surface area contributed by atoms with E-state index in [4.69, 9.17) is 4.74 Å². The van der Waals surface area contributed by atoms with Crippen LogP contribution in [0.4, 0.5) is 0 Å². The third kappa shape index (κ3) is 4.01. The van der Waals surface area contributed by atoms with Crippen molar-refractivity contribution in [1.82, 2.24) is 15.1 Å². The van der Waals surface area contributed by atoms with Crippen LogP contribution in [0.5, 0.6) is 0 Å². The Labute approximate surface area is 176 Å². The molecule has 6 nitrogen and oxygen atoms in total. The molecular formula is C18H27IN4O2S. The summed E-state index contributed by atoms with van der Waals surface area (Å²) in [7, 11) is 1.79. The largest absolute Gasteiger partial charge is 0.381 e. The van der Waals surface area contributed by atoms with E-state index in [0.717, 1.165) is 64.6 Å². The predicted molar refractivity (Wildman–Crippen MR) is 114 cm³/mol. The Kier molecular flexibility index (Phi) is 6.45. The molecule has 2 fully saturated rings. The van der Waals surface area contributed by atoms with Crippen molar-refractivity contribution in [3.05, 3.63) is 21.9 Å². The fourth-order valence-electron chi connectivity index (χ4n) is 4.15. The fourth-order valence-corrected chi connectivity index (χ4v) is 5.04. The molecule has 3 aliphatic heterocycles. The Morgan fingerprint density at radius 2 is 2.27 bits per heavy atom. The minimum Gasteiger partial charge on any atom is -0.381 e. The van der Waals surface area contributed by atoms with Gasteiger partial charge in [-0.3, -0.25) is 9.79 Å². The van der Waals surface area contributed by atoms with E-state index in [0.29, 0.717) is 12.0 Å². The van der Waals surface area contributed by atoms with Crippen molar-refractivity contribution in [3.8, 4) is 0 Å². The summed E-state index contributed by atoms with van der Waals surface area (Å²) < 4.78 is 5.60. The van der Waals surface area contributed by atoms with Crippen molar-refractivity contribution in [2.24, 2.45) is 10.4 Å². The molecule has 1 aromatic rings. The number of guanidine groups is 1. The van der Waals surface area contributed by atoms with Gasteiger partial charge in [0, 0.05) is 50.1 Å². The van der Waals surface area contributed by atoms with Gasteiger partial charge in [-0.05, 0) is 36.3 Å². The van der Waals surface area contributed by atoms with Gasteiger partial charge in [0.15, 0.2) is 5.96 Å². The number of nitrogens with one attached hydrogen (secondary N) is 1. The van der Waals surface area contributed by atoms with Gasteiger partial charge in [0.1, 0.15) is 0 Å². The molecule has 1 N–H and O–H groups in total. The number of hydrogen-bond donors (Lipinski definition) is 1. The Balaban J connectivity index is 0.00000196. The highest BCUT2D eigenvalue weighted by Crippen LogP contribution is 2.38. The summed E-state index contributed by atoms with van der Waals surface area (Å²) in [5.74, 6) is 0.987. The Hall–Kier alpha value is -0.870. The van der Waals surface area contributed by atoms with Gasteiger partial charge in [0.25, 0.3) is 0 Å². The summed E-state index contributed by atoms with van der Waals surface area (Å²) in [4.78, 5) is 22.6. The first-order chi connectivity index (χ1) is 12.2. The molecule has 1 spiro atoms. The zero-order valence-corrected chi connectivity index (χ0v) is 18.3. The topological polar surface area (TPSA) is 57.2 Å². The minimum absolute atomic E-state index is 0. The average molecular weight is 490 g/mol. The first-order valence-corrected chi connectivity index (χ1v) is 9.93. The monoisotopic (exact) mass is 490 g/mol. The third-order valence-electron chi connectivity index (χ3n) is 5.69. The number of likely N-dealkylation sites (tertiary alicyclic amines) is 1. The molecular weight excluding hydrogens is 463 g/mol. The highest BCUT2D eigenvalue weighted by atomic mass is 127. The number of hydrogen-bond acceptors (Lipinski definition) is 4. The van der Waals surface area contributed by atoms with E-state index in [1.165, 1.54) is 10.4 Å². The first-order valence-electron chi connectivity index (χ1n) is 9.05. The maximum Gasteiger partial charge on any atom is 0.242 e. The van der Waals surface area contributed by atoms with Crippen molar-refractivity contribution in [3.63, 3.8) is 0 Å². The number of amides is 1. The number of thiophene rings is 1. The summed E-state index contributed by atoms with van der Waals surface area (Å²) in [6, 6.07) is 2.14. The predicted octanol–water partition coefficient (Wildman–Crippen LogP) is 1.94. The van der Waals surface area contributed by atoms with E-state index in [1.54, 1.807) is 18.4 Å². The number of nitrogens with zero attached hydrogens (tertiary/aromatic N) is 3. The van der Waals surface area contributed by atoms with Crippen LogP contribution >= 0.6 is 35.3 Å². The molecule has 4 heterocycles. The van der Waals surface area contributed by atoms with E-state index < -0.39 is 0 Å². The van der Waals surface area contributed by atoms with E-state index in [9.17, 15) is 4.79 Å². The quantitative estimate of drug-likeness (QED) is 0.391. The summed E-state index contributed by atoms with van der Waals surface area (Å²) in [5, 5.41) is 5.40. The van der Waals surface area contributed by atoms with Gasteiger partial charge in [-0.2, -0.15) is 0 Å². The van der Waals surface area contributed by atoms with Crippen molar-refractivity contribution in [2.75, 3.05) is 46.4 Å². The fraction of sp³-hybridized carbons (Fsp3) is 0.667. The standard InChI is InChI=1S/C18H26N4O2S.HI/c1-19-17(22-7-4-18(12-22)5-8-24-13-18)20-10-16(23)21-6-2-15-14(11-21)3-9-25-15;/h3,9H,2,4-8,10-13H2,1H3,(H,19,20);1H. The molecule has 0 aromatic carbocycles. The first kappa shape index (κ1) is 19.9. The lowest BCUT2D eigenvalue weighted by molar-refractivity contribution is -0.130. The Morgan fingerprint density at radius 3 is 3.04 bits per heavy atom. The van der Waals surface area contributed by atoms with E-state index in [-0.39, 0.29) is 29.9 Å². The lowest BCUT2D eigenvalue weighted by Gasteiger charge is -2.28. The normalized spacial score (nSPS) is 25.3. The SMILES string of the molecule is CN=C(NCC(=O)N1CCc2sccc2C1)N1CCC2(CCOC2)C1.I. The van der Waals surface area contributed by atoms with Crippen molar-refractivity contribution in [2.45, 2.75) is 25.8 Å². The summed E-state index contributed by atoms with van der Waals surface area (Å²) in [6.45, 7) is 5.56. The lowest BCUT2D eigenvalue weighted by Crippen LogP contribution is -2.47. The van der Waals surface area contributed by atoms with Crippen LogP contribution < -0.4 is 5.32 Å². The van der Waals surface area contributed by atoms with Gasteiger partial charge in [0.2, 0.25) is 5.91 Å². The van der Waals surface area contributed by atoms with Crippen LogP contribution in [0.2, 0.25) is 0 Å². The van der Waals surface area contributed by atoms with Crippen molar-refractivity contribution < 1.29 is 9.53 Å². The van der Waals surface area contributed by atoms with Crippen LogP contribution in [0, 0.1) is 5.41 Å². The molecule has 26 heavy (non-hydrogen) atoms. The molecule has 0 radical (unpaired) electrons. The molecule has 0 bridgehead atoms. The molecule has 8 heteroatoms. The van der Waals surface area contributed by atoms with Crippen LogP contribution in [0.15, 0.2) is 16.4 Å². The number of carbonyl (C=O) groups is 1. The number of fused-ring (bicyclic) bond motifs is 1. The Bertz CT molecular complexity index is 672. The molecule has 2 saturated heterocycles. The molecule has 4 rings (SSSR count). The minimum atomic E-state index is 0. The summed E-state index contributed by atoms with van der Waals surface area (Å²) >= 11 is 1.80. The van der Waals surface area contributed by atoms with Crippen LogP contribution in [-0.4, -0.2) is 68.1 Å². The van der Waals surface area contributed by atoms with Gasteiger partial charge in [-0.25, -0.2) is 0 Å². The molecule has 1 atom stereocenters. The highest BCUT2D eigenvalue weighted by molar-refractivity contribution is 14.0. The third-order valence-corrected chi connectivity index (χ3v) is 6.72. The number of carbonyl (C=O) groups excluding carboxylic acids is 1. The van der Waals surface area contributed by atoms with Gasteiger partial charge < -0.3 is 19.9 Å². The van der Waals surface area contributed by atoms with E-state index in [1.807, 2.05) is 4.90 Å². The lowest BCUT2D eigenvalue weighted by atomic mass is 9.87. The van der Waals surface area contributed by atoms with E-state index >= 15 is 0 Å². The second kappa shape index (κ2) is 8.43. The van der Waals surface area contributed by atoms with Gasteiger partial charge in [-0.1, -0.05) is 0 Å². The number of ether oxygens (including phenoxy) is 1. The molecule has 144 valence electrons. The number of aliphatic imine (C=N–C) groups is 1. The van der Waals surface area contributed by atoms with Crippen LogP contribution in [-0.2, 0) is 22.5 Å². The molecule has 0 aliphatic carbocycles. The summed E-state index contributed by atoms with van der Waals surface area (Å²) in [6.07, 6.45) is 3.26. The van der Waals surface area contributed by atoms with Crippen LogP contribution in [0.1, 0.15) is 23.3 Å². The van der Waals surface area contributed by atoms with Gasteiger partial charge in [0.05, 0.1) is 13.2 Å². The second-order valence-electron chi connectivity index (χ2n) is 7.31. The van der Waals surface area contributed by atoms with Gasteiger partial charge in [-0.15, -0.1) is 35.3 Å². The van der Waals surface area contributed by atoms with E-state index in [2.05, 4.69) is 26.7 Å². The molecule has 1 aromatic heterocycles. The van der Waals surface area contributed by atoms with Crippen LogP contribution in [0.3, 0.4) is 0 Å². The summed E-state index contributed by atoms with van der Waals surface area (Å²) in [5.41, 5.74) is 1.60. The molecule has 0 saturated carbocycles. The van der Waals surface area contributed by atoms with Gasteiger partial charge >= 0.3 is 0 Å². The van der Waals surface area contributed by atoms with Crippen LogP contribution in [0.25, 0.3) is 0 Å². The maximum absolute atomic E-state index is 12.6. The second-order valence-corrected chi connectivity index (χ2v) is 8.31. The zero-order chi connectivity index (χ0) is 17.3. The maximum atomic E-state index is 12.6. The van der Waals surface area contributed by atoms with Crippen molar-refractivity contribution >= 4 is 47.2 Å². The highest BCUT2D eigenvalue weighted by Gasteiger charge is 2.42. The number of halogens is 1. The zero-order valence-electron chi connectivity index (χ0n) is 15.2. The Morgan fingerprint density at radius 1 is 1.38 bits per heavy atom.